The summed E-state index contributed by atoms with van der Waals surface area (Å²) in [5.74, 6) is -0.504. The van der Waals surface area contributed by atoms with E-state index in [-0.39, 0.29) is 52.6 Å². The summed E-state index contributed by atoms with van der Waals surface area (Å²) in [6, 6.07) is 0. The predicted molar refractivity (Wildman–Crippen MR) is 171 cm³/mol. The second-order valence-electron chi connectivity index (χ2n) is 17.0. The van der Waals surface area contributed by atoms with E-state index in [0.717, 1.165) is 64.2 Å². The number of rotatable bonds is 9. The standard InChI is InChI=1S/C37H56O9/c1-22(2)23-12-17-37(21-45-32(43)44-20-29(40)41)19-18-35(6)24(31(23)37)8-9-26-34(5)15-14-27(46-30(42)11-10-28(38)39)33(3,4)25(34)13-16-36(26,35)7/h23-27,31H,1,8-21H2,2-7H3,(H,38,39)(H,40,41)/t23?,24?,25?,26?,27?,31?,34-,35+,36+,37?/m0/s1. The Morgan fingerprint density at radius 1 is 0.761 bits per heavy atom. The lowest BCUT2D eigenvalue weighted by Crippen LogP contribution is -2.67. The normalized spacial score (nSPS) is 42.3. The monoisotopic (exact) mass is 644 g/mol. The van der Waals surface area contributed by atoms with Crippen LogP contribution >= 0.6 is 0 Å². The van der Waals surface area contributed by atoms with E-state index in [4.69, 9.17) is 24.4 Å². The molecule has 9 heteroatoms. The number of carbonyl (C=O) groups is 4. The van der Waals surface area contributed by atoms with E-state index < -0.39 is 30.7 Å². The number of carboxylic acid groups (broad SMARTS) is 2. The van der Waals surface area contributed by atoms with E-state index >= 15 is 0 Å². The number of aliphatic carboxylic acids is 2. The molecule has 0 saturated heterocycles. The average molecular weight is 645 g/mol. The van der Waals surface area contributed by atoms with Crippen LogP contribution in [0.1, 0.15) is 119 Å². The zero-order chi connectivity index (χ0) is 33.9. The molecular formula is C37H56O9. The minimum atomic E-state index is -1.20. The first-order valence-corrected chi connectivity index (χ1v) is 17.5. The number of allylic oxidation sites excluding steroid dienone is 1. The number of carbonyl (C=O) groups excluding carboxylic acids is 2. The van der Waals surface area contributed by atoms with Crippen LogP contribution in [0.4, 0.5) is 4.79 Å². The summed E-state index contributed by atoms with van der Waals surface area (Å²) in [5.41, 5.74) is 1.15. The van der Waals surface area contributed by atoms with Crippen LogP contribution in [-0.4, -0.2) is 53.6 Å². The lowest BCUT2D eigenvalue weighted by Gasteiger charge is -2.73. The van der Waals surface area contributed by atoms with Crippen LogP contribution in [0.25, 0.3) is 0 Å². The van der Waals surface area contributed by atoms with Crippen LogP contribution in [0.3, 0.4) is 0 Å². The molecule has 5 saturated carbocycles. The van der Waals surface area contributed by atoms with E-state index in [0.29, 0.717) is 29.6 Å². The van der Waals surface area contributed by atoms with Gasteiger partial charge in [0.1, 0.15) is 12.7 Å². The van der Waals surface area contributed by atoms with Gasteiger partial charge in [-0.1, -0.05) is 46.8 Å². The van der Waals surface area contributed by atoms with Gasteiger partial charge in [0.05, 0.1) is 12.8 Å². The summed E-state index contributed by atoms with van der Waals surface area (Å²) < 4.78 is 16.5. The molecule has 0 radical (unpaired) electrons. The third-order valence-corrected chi connectivity index (χ3v) is 14.8. The molecule has 0 bridgehead atoms. The Hall–Kier alpha value is -2.58. The zero-order valence-corrected chi connectivity index (χ0v) is 28.8. The lowest BCUT2D eigenvalue weighted by molar-refractivity contribution is -0.251. The summed E-state index contributed by atoms with van der Waals surface area (Å²) in [6.07, 6.45) is 8.83. The van der Waals surface area contributed by atoms with Gasteiger partial charge in [0, 0.05) is 10.8 Å². The second kappa shape index (κ2) is 12.1. The molecule has 0 amide bonds. The fraction of sp³-hybridized carbons (Fsp3) is 0.838. The molecule has 2 N–H and O–H groups in total. The summed E-state index contributed by atoms with van der Waals surface area (Å²) in [6.45, 7) is 18.3. The van der Waals surface area contributed by atoms with Gasteiger partial charge in [-0.15, -0.1) is 0 Å². The second-order valence-corrected chi connectivity index (χ2v) is 17.0. The van der Waals surface area contributed by atoms with E-state index in [1.807, 2.05) is 0 Å². The van der Waals surface area contributed by atoms with E-state index in [1.54, 1.807) is 0 Å². The maximum atomic E-state index is 12.6. The topological polar surface area (TPSA) is 136 Å². The van der Waals surface area contributed by atoms with Gasteiger partial charge < -0.3 is 24.4 Å². The highest BCUT2D eigenvalue weighted by atomic mass is 16.7. The summed E-state index contributed by atoms with van der Waals surface area (Å²) in [5, 5.41) is 18.0. The van der Waals surface area contributed by atoms with Crippen molar-refractivity contribution in [3.05, 3.63) is 12.2 Å². The highest BCUT2D eigenvalue weighted by molar-refractivity contribution is 5.76. The van der Waals surface area contributed by atoms with Gasteiger partial charge in [-0.3, -0.25) is 9.59 Å². The van der Waals surface area contributed by atoms with E-state index in [9.17, 15) is 19.2 Å². The molecule has 0 aromatic carbocycles. The third-order valence-electron chi connectivity index (χ3n) is 14.8. The van der Waals surface area contributed by atoms with Crippen molar-refractivity contribution in [2.45, 2.75) is 125 Å². The number of hydrogen-bond acceptors (Lipinski definition) is 7. The van der Waals surface area contributed by atoms with Gasteiger partial charge in [0.2, 0.25) is 0 Å². The average Bonchev–Trinajstić information content (AvgIpc) is 3.36. The molecule has 0 aromatic heterocycles. The maximum absolute atomic E-state index is 12.6. The van der Waals surface area contributed by atoms with Crippen molar-refractivity contribution in [1.82, 2.24) is 0 Å². The van der Waals surface area contributed by atoms with Crippen LogP contribution in [0.5, 0.6) is 0 Å². The molecule has 46 heavy (non-hydrogen) atoms. The SMILES string of the molecule is C=C(C)C1CCC2(COC(=O)OCC(=O)O)CC[C@]3(C)C(CCC4[C@@]5(C)CCC(OC(=O)CCC(=O)O)C(C)(C)C5CC[C@]43C)C12. The molecule has 0 spiro atoms. The Kier molecular flexibility index (Phi) is 9.17. The first-order chi connectivity index (χ1) is 21.4. The molecule has 0 aliphatic heterocycles. The Morgan fingerprint density at radius 3 is 2.13 bits per heavy atom. The van der Waals surface area contributed by atoms with Gasteiger partial charge in [-0.2, -0.15) is 0 Å². The van der Waals surface area contributed by atoms with Crippen molar-refractivity contribution in [3.8, 4) is 0 Å². The molecule has 10 atom stereocenters. The molecule has 7 unspecified atom stereocenters. The maximum Gasteiger partial charge on any atom is 0.508 e. The first kappa shape index (κ1) is 34.7. The number of hydrogen-bond donors (Lipinski definition) is 2. The molecule has 0 aromatic rings. The van der Waals surface area contributed by atoms with E-state index in [2.05, 4.69) is 48.1 Å². The highest BCUT2D eigenvalue weighted by Crippen LogP contribution is 2.77. The van der Waals surface area contributed by atoms with Crippen molar-refractivity contribution in [2.24, 2.45) is 56.7 Å². The van der Waals surface area contributed by atoms with Gasteiger partial charge >= 0.3 is 24.1 Å². The number of fused-ring (bicyclic) bond motifs is 7. The van der Waals surface area contributed by atoms with Crippen molar-refractivity contribution in [2.75, 3.05) is 13.2 Å². The van der Waals surface area contributed by atoms with Gasteiger partial charge in [-0.25, -0.2) is 9.59 Å². The fourth-order valence-electron chi connectivity index (χ4n) is 12.5. The van der Waals surface area contributed by atoms with Crippen molar-refractivity contribution < 1.29 is 43.6 Å². The summed E-state index contributed by atoms with van der Waals surface area (Å²) >= 11 is 0. The van der Waals surface area contributed by atoms with Crippen molar-refractivity contribution >= 4 is 24.1 Å². The number of ether oxygens (including phenoxy) is 3. The Balaban J connectivity index is 1.38. The quantitative estimate of drug-likeness (QED) is 0.191. The smallest absolute Gasteiger partial charge is 0.481 e. The Bertz CT molecular complexity index is 1260. The molecule has 5 aliphatic carbocycles. The number of esters is 1. The Labute approximate surface area is 274 Å². The van der Waals surface area contributed by atoms with Crippen LogP contribution < -0.4 is 0 Å². The summed E-state index contributed by atoms with van der Waals surface area (Å²) in [7, 11) is 0. The summed E-state index contributed by atoms with van der Waals surface area (Å²) in [4.78, 5) is 46.9. The molecule has 5 aliphatic rings. The van der Waals surface area contributed by atoms with Gasteiger partial charge in [0.15, 0.2) is 6.61 Å². The van der Waals surface area contributed by atoms with Crippen LogP contribution in [0.2, 0.25) is 0 Å². The van der Waals surface area contributed by atoms with Gasteiger partial charge in [0.25, 0.3) is 0 Å². The highest BCUT2D eigenvalue weighted by Gasteiger charge is 2.71. The van der Waals surface area contributed by atoms with Crippen molar-refractivity contribution in [3.63, 3.8) is 0 Å². The fourth-order valence-corrected chi connectivity index (χ4v) is 12.5. The molecule has 5 fully saturated rings. The minimum Gasteiger partial charge on any atom is -0.481 e. The van der Waals surface area contributed by atoms with Gasteiger partial charge in [-0.05, 0) is 117 Å². The zero-order valence-electron chi connectivity index (χ0n) is 28.8. The van der Waals surface area contributed by atoms with Crippen LogP contribution in [0.15, 0.2) is 12.2 Å². The van der Waals surface area contributed by atoms with Crippen molar-refractivity contribution in [1.29, 1.82) is 0 Å². The lowest BCUT2D eigenvalue weighted by atomic mass is 9.32. The molecule has 258 valence electrons. The molecule has 9 nitrogen and oxygen atoms in total. The van der Waals surface area contributed by atoms with Crippen LogP contribution in [0, 0.1) is 56.7 Å². The largest absolute Gasteiger partial charge is 0.508 e. The molecule has 0 heterocycles. The van der Waals surface area contributed by atoms with Crippen LogP contribution in [-0.2, 0) is 28.6 Å². The predicted octanol–water partition coefficient (Wildman–Crippen LogP) is 7.66. The molecular weight excluding hydrogens is 588 g/mol. The Morgan fingerprint density at radius 2 is 1.48 bits per heavy atom. The molecule has 5 rings (SSSR count). The third kappa shape index (κ3) is 5.55. The van der Waals surface area contributed by atoms with E-state index in [1.165, 1.54) is 5.57 Å². The minimum absolute atomic E-state index is 0.0906. The number of carboxylic acids is 2. The first-order valence-electron chi connectivity index (χ1n) is 17.5.